The highest BCUT2D eigenvalue weighted by Gasteiger charge is 2.53. The first-order chi connectivity index (χ1) is 33.0. The van der Waals surface area contributed by atoms with Gasteiger partial charge in [-0.2, -0.15) is 0 Å². The number of hydrogen-bond acceptors (Lipinski definition) is 2. The number of benzene rings is 7. The first kappa shape index (κ1) is 42.7. The molecule has 8 fully saturated rings. The molecule has 0 aromatic heterocycles. The van der Waals surface area contributed by atoms with Gasteiger partial charge in [0, 0.05) is 44.3 Å². The summed E-state index contributed by atoms with van der Waals surface area (Å²) in [5.74, 6) is 6.18. The van der Waals surface area contributed by atoms with E-state index in [4.69, 9.17) is 0 Å². The molecule has 2 nitrogen and oxygen atoms in total. The predicted molar refractivity (Wildman–Crippen MR) is 288 cm³/mol. The van der Waals surface area contributed by atoms with Crippen molar-refractivity contribution >= 4 is 55.7 Å². The molecule has 0 heterocycles. The molecule has 7 aromatic rings. The molecular weight excluding hydrogens is 821 g/mol. The van der Waals surface area contributed by atoms with Gasteiger partial charge in [-0.05, 0) is 232 Å². The number of fused-ring (bicyclic) bond motifs is 2. The van der Waals surface area contributed by atoms with E-state index < -0.39 is 0 Å². The zero-order valence-corrected chi connectivity index (χ0v) is 41.7. The second-order valence-corrected chi connectivity index (χ2v) is 24.4. The Labute approximate surface area is 407 Å². The number of aryl methyl sites for hydroxylation is 2. The number of rotatable bonds is 10. The lowest BCUT2D eigenvalue weighted by Gasteiger charge is -2.57. The fourth-order valence-electron chi connectivity index (χ4n) is 16.5. The summed E-state index contributed by atoms with van der Waals surface area (Å²) in [4.78, 5) is 5.30. The molecule has 346 valence electrons. The summed E-state index contributed by atoms with van der Waals surface area (Å²) in [5, 5.41) is 5.42. The van der Waals surface area contributed by atoms with Crippen molar-refractivity contribution in [2.75, 3.05) is 9.80 Å². The smallest absolute Gasteiger partial charge is 0.0620 e. The van der Waals surface area contributed by atoms with Crippen LogP contribution in [0.3, 0.4) is 0 Å². The minimum atomic E-state index is 0.259. The Bertz CT molecular complexity index is 2740. The van der Waals surface area contributed by atoms with Gasteiger partial charge in [0.2, 0.25) is 0 Å². The molecule has 0 unspecified atom stereocenters. The van der Waals surface area contributed by atoms with Crippen molar-refractivity contribution in [1.82, 2.24) is 0 Å². The van der Waals surface area contributed by atoms with Crippen molar-refractivity contribution in [2.24, 2.45) is 35.5 Å². The van der Waals surface area contributed by atoms with Crippen LogP contribution >= 0.6 is 0 Å². The fraction of sp³-hybridized carbons (Fsp3) is 0.424. The van der Waals surface area contributed by atoms with Gasteiger partial charge in [0.05, 0.1) is 11.4 Å². The van der Waals surface area contributed by atoms with E-state index in [1.807, 2.05) is 0 Å². The van der Waals surface area contributed by atoms with Crippen LogP contribution in [0.5, 0.6) is 0 Å². The van der Waals surface area contributed by atoms with Gasteiger partial charge in [-0.25, -0.2) is 0 Å². The van der Waals surface area contributed by atoms with Gasteiger partial charge in [0.1, 0.15) is 0 Å². The molecule has 0 saturated heterocycles. The van der Waals surface area contributed by atoms with Gasteiger partial charge in [-0.3, -0.25) is 0 Å². The molecule has 68 heavy (non-hydrogen) atoms. The second kappa shape index (κ2) is 16.1. The standard InChI is InChI=1S/C66H72N2/c1-41(2)51-11-21-57(22-12-51)67(55-17-7-43(5)8-18-55)63-59-25-15-54(66-38-48-30-49(39-66)32-50(31-48)40-66)34-62(59)64(68(56-19-9-44(6)10-20-56)58-23-13-52(14-24-58)42(3)4)60-26-16-53(33-61(60)63)65-35-45-27-46(36-65)29-47(28-45)37-65/h7-26,33-34,41-42,45-50H,27-32,35-40H2,1-6H3. The van der Waals surface area contributed by atoms with Gasteiger partial charge in [0.15, 0.2) is 0 Å². The molecule has 0 aliphatic heterocycles. The third kappa shape index (κ3) is 7.08. The normalized spacial score (nSPS) is 27.8. The molecule has 0 atom stereocenters. The maximum Gasteiger partial charge on any atom is 0.0620 e. The Balaban J connectivity index is 1.15. The van der Waals surface area contributed by atoms with Crippen molar-refractivity contribution in [3.8, 4) is 0 Å². The molecule has 8 saturated carbocycles. The van der Waals surface area contributed by atoms with Crippen LogP contribution in [-0.2, 0) is 10.8 Å². The average Bonchev–Trinajstić information content (AvgIpc) is 3.32. The first-order valence-electron chi connectivity index (χ1n) is 27.0. The molecule has 8 aliphatic carbocycles. The minimum Gasteiger partial charge on any atom is -0.309 e. The zero-order chi connectivity index (χ0) is 46.1. The monoisotopic (exact) mass is 893 g/mol. The molecule has 15 rings (SSSR count). The maximum absolute atomic E-state index is 2.74. The summed E-state index contributed by atoms with van der Waals surface area (Å²) in [6.45, 7) is 13.7. The third-order valence-electron chi connectivity index (χ3n) is 19.0. The highest BCUT2D eigenvalue weighted by Crippen LogP contribution is 2.64. The van der Waals surface area contributed by atoms with E-state index in [0.29, 0.717) is 11.8 Å². The van der Waals surface area contributed by atoms with Crippen molar-refractivity contribution in [3.63, 3.8) is 0 Å². The summed E-state index contributed by atoms with van der Waals surface area (Å²) >= 11 is 0. The summed E-state index contributed by atoms with van der Waals surface area (Å²) in [7, 11) is 0. The van der Waals surface area contributed by atoms with Gasteiger partial charge in [0.25, 0.3) is 0 Å². The van der Waals surface area contributed by atoms with E-state index in [1.165, 1.54) is 155 Å². The predicted octanol–water partition coefficient (Wildman–Crippen LogP) is 18.7. The van der Waals surface area contributed by atoms with E-state index in [9.17, 15) is 0 Å². The second-order valence-electron chi connectivity index (χ2n) is 24.4. The summed E-state index contributed by atoms with van der Waals surface area (Å²) in [5.41, 5.74) is 16.5. The highest BCUT2D eigenvalue weighted by atomic mass is 15.2. The topological polar surface area (TPSA) is 6.48 Å². The van der Waals surface area contributed by atoms with E-state index in [0.717, 1.165) is 35.5 Å². The lowest BCUT2D eigenvalue weighted by atomic mass is 9.48. The van der Waals surface area contributed by atoms with Crippen molar-refractivity contribution in [1.29, 1.82) is 0 Å². The largest absolute Gasteiger partial charge is 0.309 e. The van der Waals surface area contributed by atoms with Crippen LogP contribution in [0.4, 0.5) is 34.1 Å². The zero-order valence-electron chi connectivity index (χ0n) is 41.7. The van der Waals surface area contributed by atoms with E-state index >= 15 is 0 Å². The average molecular weight is 893 g/mol. The molecule has 0 spiro atoms. The maximum atomic E-state index is 2.74. The van der Waals surface area contributed by atoms with Gasteiger partial charge in [-0.1, -0.05) is 112 Å². The van der Waals surface area contributed by atoms with Crippen molar-refractivity contribution in [3.05, 3.63) is 167 Å². The Morgan fingerprint density at radius 3 is 0.912 bits per heavy atom. The van der Waals surface area contributed by atoms with Gasteiger partial charge < -0.3 is 9.80 Å². The molecule has 0 radical (unpaired) electrons. The molecule has 2 heteroatoms. The number of hydrogen-bond donors (Lipinski definition) is 0. The highest BCUT2D eigenvalue weighted by molar-refractivity contribution is 6.23. The van der Waals surface area contributed by atoms with Crippen LogP contribution < -0.4 is 9.80 Å². The van der Waals surface area contributed by atoms with Crippen molar-refractivity contribution < 1.29 is 0 Å². The molecular formula is C66H72N2. The van der Waals surface area contributed by atoms with E-state index in [1.54, 1.807) is 11.1 Å². The third-order valence-corrected chi connectivity index (χ3v) is 19.0. The lowest BCUT2D eigenvalue weighted by Crippen LogP contribution is -2.48. The van der Waals surface area contributed by atoms with Crippen LogP contribution in [0.1, 0.15) is 150 Å². The molecule has 0 amide bonds. The molecule has 0 N–H and O–H groups in total. The number of anilines is 6. The lowest BCUT2D eigenvalue weighted by molar-refractivity contribution is -0.00525. The van der Waals surface area contributed by atoms with Gasteiger partial charge in [-0.15, -0.1) is 0 Å². The minimum absolute atomic E-state index is 0.259. The van der Waals surface area contributed by atoms with Crippen LogP contribution in [0, 0.1) is 49.4 Å². The SMILES string of the molecule is Cc1ccc(N(c2ccc(C(C)C)cc2)c2c3ccc(C45CC6CC(CC(C6)C4)C5)cc3c(N(c3ccc(C)cc3)c3ccc(C(C)C)cc3)c3ccc(C45CC6CC(CC(C6)C4)C5)cc23)cc1. The van der Waals surface area contributed by atoms with Crippen LogP contribution in [-0.4, -0.2) is 0 Å². The molecule has 8 aliphatic rings. The number of nitrogens with zero attached hydrogens (tertiary/aromatic N) is 2. The van der Waals surface area contributed by atoms with E-state index in [2.05, 4.69) is 185 Å². The molecule has 7 aromatic carbocycles. The summed E-state index contributed by atoms with van der Waals surface area (Å²) in [6.07, 6.45) is 16.8. The quantitative estimate of drug-likeness (QED) is 0.0997. The van der Waals surface area contributed by atoms with E-state index in [-0.39, 0.29) is 10.8 Å². The van der Waals surface area contributed by atoms with Crippen molar-refractivity contribution in [2.45, 2.75) is 141 Å². The van der Waals surface area contributed by atoms with Crippen LogP contribution in [0.15, 0.2) is 133 Å². The fourth-order valence-corrected chi connectivity index (χ4v) is 16.5. The molecule has 8 bridgehead atoms. The van der Waals surface area contributed by atoms with Gasteiger partial charge >= 0.3 is 0 Å². The Morgan fingerprint density at radius 1 is 0.353 bits per heavy atom. The van der Waals surface area contributed by atoms with Crippen LogP contribution in [0.2, 0.25) is 0 Å². The van der Waals surface area contributed by atoms with Crippen LogP contribution in [0.25, 0.3) is 21.5 Å². The first-order valence-corrected chi connectivity index (χ1v) is 27.0. The summed E-state index contributed by atoms with van der Waals surface area (Å²) in [6, 6.07) is 53.9. The summed E-state index contributed by atoms with van der Waals surface area (Å²) < 4.78 is 0. The Hall–Kier alpha value is -5.34. The Morgan fingerprint density at radius 2 is 0.632 bits per heavy atom. The Kier molecular flexibility index (Phi) is 10.1.